The summed E-state index contributed by atoms with van der Waals surface area (Å²) in [7, 11) is 0. The van der Waals surface area contributed by atoms with Gasteiger partial charge in [0.25, 0.3) is 5.91 Å². The number of nitrogen functional groups attached to an aromatic ring is 1. The van der Waals surface area contributed by atoms with Crippen molar-refractivity contribution in [1.29, 1.82) is 0 Å². The van der Waals surface area contributed by atoms with Crippen LogP contribution in [0.1, 0.15) is 22.8 Å². The second-order valence-electron chi connectivity index (χ2n) is 5.34. The molecule has 2 unspecified atom stereocenters. The van der Waals surface area contributed by atoms with E-state index >= 15 is 0 Å². The van der Waals surface area contributed by atoms with Crippen molar-refractivity contribution in [2.45, 2.75) is 19.9 Å². The van der Waals surface area contributed by atoms with E-state index in [0.29, 0.717) is 11.3 Å². The Morgan fingerprint density at radius 2 is 2.20 bits per heavy atom. The molecule has 4 N–H and O–H groups in total. The minimum atomic E-state index is -1.10. The number of hydrogen-bond donors (Lipinski definition) is 3. The molecule has 0 spiro atoms. The number of anilines is 1. The number of benzene rings is 1. The molecular weight excluding hydrogens is 260 g/mol. The summed E-state index contributed by atoms with van der Waals surface area (Å²) in [4.78, 5) is 23.5. The zero-order valence-corrected chi connectivity index (χ0v) is 11.5. The van der Waals surface area contributed by atoms with Crippen LogP contribution in [-0.4, -0.2) is 36.2 Å². The fourth-order valence-electron chi connectivity index (χ4n) is 2.14. The second-order valence-corrected chi connectivity index (χ2v) is 5.34. The average Bonchev–Trinajstić information content (AvgIpc) is 2.75. The number of nitrogens with one attached hydrogen (secondary N) is 1. The number of ether oxygens (including phenoxy) is 1. The molecule has 1 aliphatic rings. The van der Waals surface area contributed by atoms with Crippen LogP contribution in [0, 0.1) is 12.3 Å². The Morgan fingerprint density at radius 1 is 1.50 bits per heavy atom. The molecule has 1 amide bonds. The Labute approximate surface area is 116 Å². The molecule has 0 bridgehead atoms. The second kappa shape index (κ2) is 5.13. The molecule has 1 fully saturated rings. The number of amides is 1. The van der Waals surface area contributed by atoms with Crippen molar-refractivity contribution in [1.82, 2.24) is 5.32 Å². The number of aryl methyl sites for hydroxylation is 1. The van der Waals surface area contributed by atoms with Gasteiger partial charge < -0.3 is 20.9 Å². The maximum atomic E-state index is 12.2. The number of aliphatic carboxylic acids is 1. The van der Waals surface area contributed by atoms with Crippen molar-refractivity contribution in [3.63, 3.8) is 0 Å². The van der Waals surface area contributed by atoms with Gasteiger partial charge in [0, 0.05) is 11.3 Å². The molecule has 6 heteroatoms. The fourth-order valence-corrected chi connectivity index (χ4v) is 2.14. The normalized spacial score (nSPS) is 25.4. The number of carbonyl (C=O) groups is 2. The third kappa shape index (κ3) is 2.46. The number of carboxylic acid groups (broad SMARTS) is 1. The summed E-state index contributed by atoms with van der Waals surface area (Å²) in [5, 5.41) is 12.0. The number of nitrogens with two attached hydrogens (primary N) is 1. The molecule has 0 saturated carbocycles. The van der Waals surface area contributed by atoms with Gasteiger partial charge in [0.05, 0.1) is 19.3 Å². The van der Waals surface area contributed by atoms with Crippen molar-refractivity contribution in [3.05, 3.63) is 29.3 Å². The van der Waals surface area contributed by atoms with Gasteiger partial charge in [-0.1, -0.05) is 0 Å². The zero-order chi connectivity index (χ0) is 14.9. The van der Waals surface area contributed by atoms with Gasteiger partial charge in [-0.3, -0.25) is 9.59 Å². The quantitative estimate of drug-likeness (QED) is 0.710. The molecule has 0 radical (unpaired) electrons. The first-order valence-electron chi connectivity index (χ1n) is 6.33. The largest absolute Gasteiger partial charge is 0.481 e. The Morgan fingerprint density at radius 3 is 2.80 bits per heavy atom. The summed E-state index contributed by atoms with van der Waals surface area (Å²) in [6.45, 7) is 3.67. The smallest absolute Gasteiger partial charge is 0.313 e. The summed E-state index contributed by atoms with van der Waals surface area (Å²) >= 11 is 0. The van der Waals surface area contributed by atoms with Crippen LogP contribution < -0.4 is 11.1 Å². The van der Waals surface area contributed by atoms with E-state index < -0.39 is 17.4 Å². The lowest BCUT2D eigenvalue weighted by Crippen LogP contribution is -2.49. The molecule has 108 valence electrons. The lowest BCUT2D eigenvalue weighted by atomic mass is 9.85. The van der Waals surface area contributed by atoms with Crippen molar-refractivity contribution < 1.29 is 19.4 Å². The summed E-state index contributed by atoms with van der Waals surface area (Å²) in [5.74, 6) is -1.30. The van der Waals surface area contributed by atoms with Crippen LogP contribution >= 0.6 is 0 Å². The lowest BCUT2D eigenvalue weighted by Gasteiger charge is -2.25. The van der Waals surface area contributed by atoms with Crippen LogP contribution in [-0.2, 0) is 9.53 Å². The first-order chi connectivity index (χ1) is 9.34. The van der Waals surface area contributed by atoms with Crippen molar-refractivity contribution in [2.75, 3.05) is 18.9 Å². The molecule has 2 rings (SSSR count). The molecule has 1 heterocycles. The summed E-state index contributed by atoms with van der Waals surface area (Å²) in [6, 6.07) is 4.40. The number of carboxylic acids is 1. The molecule has 1 aromatic carbocycles. The minimum Gasteiger partial charge on any atom is -0.481 e. The lowest BCUT2D eigenvalue weighted by molar-refractivity contribution is -0.148. The van der Waals surface area contributed by atoms with E-state index in [0.717, 1.165) is 5.56 Å². The molecule has 1 aromatic rings. The average molecular weight is 278 g/mol. The molecule has 0 aromatic heterocycles. The van der Waals surface area contributed by atoms with Crippen molar-refractivity contribution in [3.8, 4) is 0 Å². The fraction of sp³-hybridized carbons (Fsp3) is 0.429. The Kier molecular flexibility index (Phi) is 3.67. The van der Waals surface area contributed by atoms with Gasteiger partial charge in [-0.2, -0.15) is 0 Å². The van der Waals surface area contributed by atoms with Crippen molar-refractivity contribution in [2.24, 2.45) is 5.41 Å². The van der Waals surface area contributed by atoms with Crippen LogP contribution in [0.2, 0.25) is 0 Å². The highest BCUT2D eigenvalue weighted by molar-refractivity contribution is 5.95. The SMILES string of the molecule is Cc1cc(C(=O)NC2COCC2(C)C(=O)O)ccc1N. The first-order valence-corrected chi connectivity index (χ1v) is 6.33. The van der Waals surface area contributed by atoms with Crippen LogP contribution in [0.15, 0.2) is 18.2 Å². The van der Waals surface area contributed by atoms with E-state index in [4.69, 9.17) is 10.5 Å². The van der Waals surface area contributed by atoms with Gasteiger partial charge in [0.2, 0.25) is 0 Å². The summed E-state index contributed by atoms with van der Waals surface area (Å²) in [6.07, 6.45) is 0. The predicted molar refractivity (Wildman–Crippen MR) is 73.4 cm³/mol. The number of rotatable bonds is 3. The van der Waals surface area contributed by atoms with E-state index in [1.807, 2.05) is 6.92 Å². The Hall–Kier alpha value is -2.08. The summed E-state index contributed by atoms with van der Waals surface area (Å²) in [5.41, 5.74) is 6.48. The monoisotopic (exact) mass is 278 g/mol. The predicted octanol–water partition coefficient (Wildman–Crippen LogP) is 0.797. The van der Waals surface area contributed by atoms with E-state index in [2.05, 4.69) is 5.32 Å². The summed E-state index contributed by atoms with van der Waals surface area (Å²) < 4.78 is 5.20. The Bertz CT molecular complexity index is 558. The standard InChI is InChI=1S/C14H18N2O4/c1-8-5-9(3-4-10(8)15)12(17)16-11-6-20-7-14(11,2)13(18)19/h3-5,11H,6-7,15H2,1-2H3,(H,16,17)(H,18,19). The van der Waals surface area contributed by atoms with E-state index in [9.17, 15) is 14.7 Å². The molecule has 1 aliphatic heterocycles. The molecule has 6 nitrogen and oxygen atoms in total. The molecule has 2 atom stereocenters. The van der Waals surface area contributed by atoms with Gasteiger partial charge in [-0.25, -0.2) is 0 Å². The number of hydrogen-bond acceptors (Lipinski definition) is 4. The molecule has 0 aliphatic carbocycles. The molecule has 1 saturated heterocycles. The van der Waals surface area contributed by atoms with E-state index in [1.54, 1.807) is 25.1 Å². The molecular formula is C14H18N2O4. The third-order valence-corrected chi connectivity index (χ3v) is 3.78. The maximum Gasteiger partial charge on any atom is 0.313 e. The third-order valence-electron chi connectivity index (χ3n) is 3.78. The number of carbonyl (C=O) groups excluding carboxylic acids is 1. The van der Waals surface area contributed by atoms with Crippen molar-refractivity contribution >= 4 is 17.6 Å². The van der Waals surface area contributed by atoms with Gasteiger partial charge in [0.1, 0.15) is 5.41 Å². The molecule has 20 heavy (non-hydrogen) atoms. The highest BCUT2D eigenvalue weighted by atomic mass is 16.5. The van der Waals surface area contributed by atoms with E-state index in [1.165, 1.54) is 0 Å². The van der Waals surface area contributed by atoms with Crippen LogP contribution in [0.4, 0.5) is 5.69 Å². The minimum absolute atomic E-state index is 0.0913. The first kappa shape index (κ1) is 14.3. The van der Waals surface area contributed by atoms with Crippen LogP contribution in [0.3, 0.4) is 0 Å². The van der Waals surface area contributed by atoms with Gasteiger partial charge >= 0.3 is 5.97 Å². The Balaban J connectivity index is 2.15. The zero-order valence-electron chi connectivity index (χ0n) is 11.5. The van der Waals surface area contributed by atoms with Gasteiger partial charge in [0.15, 0.2) is 0 Å². The topological polar surface area (TPSA) is 102 Å². The van der Waals surface area contributed by atoms with Crippen LogP contribution in [0.25, 0.3) is 0 Å². The van der Waals surface area contributed by atoms with Gasteiger partial charge in [-0.05, 0) is 37.6 Å². The maximum absolute atomic E-state index is 12.2. The van der Waals surface area contributed by atoms with Crippen LogP contribution in [0.5, 0.6) is 0 Å². The highest BCUT2D eigenvalue weighted by Gasteiger charge is 2.47. The van der Waals surface area contributed by atoms with Gasteiger partial charge in [-0.15, -0.1) is 0 Å². The highest BCUT2D eigenvalue weighted by Crippen LogP contribution is 2.29. The van der Waals surface area contributed by atoms with E-state index in [-0.39, 0.29) is 19.1 Å².